The Kier molecular flexibility index (Phi) is 5.37. The Balaban J connectivity index is 2.03. The van der Waals surface area contributed by atoms with Gasteiger partial charge in [0.2, 0.25) is 0 Å². The van der Waals surface area contributed by atoms with Gasteiger partial charge in [0.25, 0.3) is 11.8 Å². The Bertz CT molecular complexity index is 998. The van der Waals surface area contributed by atoms with E-state index < -0.39 is 17.8 Å². The molecule has 0 bridgehead atoms. The van der Waals surface area contributed by atoms with E-state index >= 15 is 0 Å². The molecule has 0 spiro atoms. The van der Waals surface area contributed by atoms with Crippen molar-refractivity contribution in [3.63, 3.8) is 0 Å². The number of amides is 4. The minimum absolute atomic E-state index is 0.00735. The number of ether oxygens (including phenoxy) is 1. The third kappa shape index (κ3) is 3.70. The van der Waals surface area contributed by atoms with E-state index in [9.17, 15) is 19.5 Å². The van der Waals surface area contributed by atoms with Crippen molar-refractivity contribution in [3.8, 4) is 11.5 Å². The minimum Gasteiger partial charge on any atom is -0.503 e. The second kappa shape index (κ2) is 7.74. The van der Waals surface area contributed by atoms with Gasteiger partial charge < -0.3 is 9.84 Å². The molecule has 0 unspecified atom stereocenters. The molecule has 1 fully saturated rings. The van der Waals surface area contributed by atoms with Gasteiger partial charge in [0.1, 0.15) is 5.57 Å². The normalized spacial score (nSPS) is 15.8. The van der Waals surface area contributed by atoms with Gasteiger partial charge in [-0.2, -0.15) is 0 Å². The lowest BCUT2D eigenvalue weighted by atomic mass is 10.1. The SMILES string of the molecule is CCOc1cc(C=C2C(=O)NC(=O)N(c3ccc(C)cc3)C2=O)cc(Cl)c1O. The summed E-state index contributed by atoms with van der Waals surface area (Å²) >= 11 is 6.00. The molecular formula is C20H17ClN2O5. The van der Waals surface area contributed by atoms with Crippen molar-refractivity contribution in [3.05, 3.63) is 58.1 Å². The summed E-state index contributed by atoms with van der Waals surface area (Å²) in [5, 5.41) is 12.1. The van der Waals surface area contributed by atoms with Gasteiger partial charge in [0.05, 0.1) is 17.3 Å². The molecule has 2 aromatic carbocycles. The number of anilines is 1. The number of phenolic OH excluding ortho intramolecular Hbond substituents is 1. The highest BCUT2D eigenvalue weighted by molar-refractivity contribution is 6.39. The van der Waals surface area contributed by atoms with Crippen LogP contribution in [0.4, 0.5) is 10.5 Å². The number of aryl methyl sites for hydroxylation is 1. The molecule has 2 N–H and O–H groups in total. The number of nitrogens with zero attached hydrogens (tertiary/aromatic N) is 1. The molecule has 0 aliphatic carbocycles. The maximum atomic E-state index is 12.9. The lowest BCUT2D eigenvalue weighted by molar-refractivity contribution is -0.122. The van der Waals surface area contributed by atoms with E-state index in [2.05, 4.69) is 5.32 Å². The first-order valence-electron chi connectivity index (χ1n) is 8.45. The second-order valence-corrected chi connectivity index (χ2v) is 6.48. The van der Waals surface area contributed by atoms with Crippen LogP contribution in [0.5, 0.6) is 11.5 Å². The third-order valence-corrected chi connectivity index (χ3v) is 4.34. The van der Waals surface area contributed by atoms with Gasteiger partial charge in [0, 0.05) is 0 Å². The largest absolute Gasteiger partial charge is 0.503 e. The average Bonchev–Trinajstić information content (AvgIpc) is 2.64. The Morgan fingerprint density at radius 3 is 2.50 bits per heavy atom. The van der Waals surface area contributed by atoms with Gasteiger partial charge in [-0.05, 0) is 49.8 Å². The first-order valence-corrected chi connectivity index (χ1v) is 8.83. The van der Waals surface area contributed by atoms with E-state index in [-0.39, 0.29) is 22.1 Å². The Morgan fingerprint density at radius 1 is 1.18 bits per heavy atom. The number of hydrogen-bond acceptors (Lipinski definition) is 5. The van der Waals surface area contributed by atoms with Gasteiger partial charge >= 0.3 is 6.03 Å². The fourth-order valence-corrected chi connectivity index (χ4v) is 2.91. The van der Waals surface area contributed by atoms with Crippen LogP contribution >= 0.6 is 11.6 Å². The summed E-state index contributed by atoms with van der Waals surface area (Å²) in [6.45, 7) is 3.90. The zero-order chi connectivity index (χ0) is 20.4. The number of rotatable bonds is 4. The van der Waals surface area contributed by atoms with Crippen LogP contribution in [0.1, 0.15) is 18.1 Å². The van der Waals surface area contributed by atoms with Crippen molar-refractivity contribution in [1.29, 1.82) is 0 Å². The molecule has 1 heterocycles. The number of benzene rings is 2. The smallest absolute Gasteiger partial charge is 0.335 e. The number of hydrogen-bond donors (Lipinski definition) is 2. The lowest BCUT2D eigenvalue weighted by Gasteiger charge is -2.26. The lowest BCUT2D eigenvalue weighted by Crippen LogP contribution is -2.54. The van der Waals surface area contributed by atoms with Crippen LogP contribution in [0.3, 0.4) is 0 Å². The topological polar surface area (TPSA) is 95.9 Å². The highest BCUT2D eigenvalue weighted by Gasteiger charge is 2.36. The maximum absolute atomic E-state index is 12.9. The number of nitrogens with one attached hydrogen (secondary N) is 1. The van der Waals surface area contributed by atoms with Gasteiger partial charge in [-0.15, -0.1) is 0 Å². The molecule has 2 aromatic rings. The van der Waals surface area contributed by atoms with Crippen molar-refractivity contribution in [2.24, 2.45) is 0 Å². The van der Waals surface area contributed by atoms with Gasteiger partial charge in [0.15, 0.2) is 11.5 Å². The summed E-state index contributed by atoms with van der Waals surface area (Å²) in [7, 11) is 0. The standard InChI is InChI=1S/C20H17ClN2O5/c1-3-28-16-10-12(9-15(21)17(16)24)8-14-18(25)22-20(27)23(19(14)26)13-6-4-11(2)5-7-13/h4-10,24H,3H2,1-2H3,(H,22,25,27). The average molecular weight is 401 g/mol. The number of carbonyl (C=O) groups is 3. The molecule has 1 aliphatic heterocycles. The number of aromatic hydroxyl groups is 1. The fraction of sp³-hybridized carbons (Fsp3) is 0.150. The molecule has 1 saturated heterocycles. The zero-order valence-electron chi connectivity index (χ0n) is 15.2. The predicted octanol–water partition coefficient (Wildman–Crippen LogP) is 3.42. The third-order valence-electron chi connectivity index (χ3n) is 4.06. The zero-order valence-corrected chi connectivity index (χ0v) is 15.9. The molecule has 0 atom stereocenters. The van der Waals surface area contributed by atoms with E-state index in [0.29, 0.717) is 17.9 Å². The van der Waals surface area contributed by atoms with Crippen LogP contribution < -0.4 is 15.0 Å². The van der Waals surface area contributed by atoms with Crippen LogP contribution in [0.15, 0.2) is 42.0 Å². The van der Waals surface area contributed by atoms with E-state index in [1.165, 1.54) is 18.2 Å². The summed E-state index contributed by atoms with van der Waals surface area (Å²) in [4.78, 5) is 38.2. The minimum atomic E-state index is -0.824. The summed E-state index contributed by atoms with van der Waals surface area (Å²) in [6.07, 6.45) is 1.29. The number of halogens is 1. The van der Waals surface area contributed by atoms with Crippen LogP contribution in [-0.2, 0) is 9.59 Å². The molecule has 1 aliphatic rings. The quantitative estimate of drug-likeness (QED) is 0.605. The van der Waals surface area contributed by atoms with Crippen LogP contribution in [0.25, 0.3) is 6.08 Å². The number of barbiturate groups is 1. The van der Waals surface area contributed by atoms with E-state index in [0.717, 1.165) is 10.5 Å². The molecule has 28 heavy (non-hydrogen) atoms. The Morgan fingerprint density at radius 2 is 1.86 bits per heavy atom. The van der Waals surface area contributed by atoms with E-state index in [1.54, 1.807) is 31.2 Å². The molecular weight excluding hydrogens is 384 g/mol. The van der Waals surface area contributed by atoms with E-state index in [1.807, 2.05) is 6.92 Å². The van der Waals surface area contributed by atoms with Crippen molar-refractivity contribution in [2.45, 2.75) is 13.8 Å². The van der Waals surface area contributed by atoms with E-state index in [4.69, 9.17) is 16.3 Å². The second-order valence-electron chi connectivity index (χ2n) is 6.08. The Hall–Kier alpha value is -3.32. The molecule has 0 saturated carbocycles. The molecule has 0 radical (unpaired) electrons. The first kappa shape index (κ1) is 19.4. The number of urea groups is 1. The van der Waals surface area contributed by atoms with Gasteiger partial charge in [-0.3, -0.25) is 14.9 Å². The molecule has 8 heteroatoms. The molecule has 7 nitrogen and oxygen atoms in total. The number of phenols is 1. The van der Waals surface area contributed by atoms with Crippen LogP contribution in [-0.4, -0.2) is 29.6 Å². The summed E-state index contributed by atoms with van der Waals surface area (Å²) < 4.78 is 5.31. The highest BCUT2D eigenvalue weighted by Crippen LogP contribution is 2.36. The molecule has 4 amide bonds. The van der Waals surface area contributed by atoms with Crippen LogP contribution in [0, 0.1) is 6.92 Å². The van der Waals surface area contributed by atoms with Crippen molar-refractivity contribution < 1.29 is 24.2 Å². The summed E-state index contributed by atoms with van der Waals surface area (Å²) in [6, 6.07) is 8.75. The first-order chi connectivity index (χ1) is 13.3. The summed E-state index contributed by atoms with van der Waals surface area (Å²) in [5.74, 6) is -1.70. The van der Waals surface area contributed by atoms with Crippen molar-refractivity contribution in [2.75, 3.05) is 11.5 Å². The highest BCUT2D eigenvalue weighted by atomic mass is 35.5. The monoisotopic (exact) mass is 400 g/mol. The number of imide groups is 2. The molecule has 144 valence electrons. The van der Waals surface area contributed by atoms with Crippen molar-refractivity contribution in [1.82, 2.24) is 5.32 Å². The maximum Gasteiger partial charge on any atom is 0.335 e. The van der Waals surface area contributed by atoms with Gasteiger partial charge in [-0.25, -0.2) is 9.69 Å². The number of carbonyl (C=O) groups excluding carboxylic acids is 3. The molecule has 3 rings (SSSR count). The Labute approximate surface area is 166 Å². The van der Waals surface area contributed by atoms with Crippen LogP contribution in [0.2, 0.25) is 5.02 Å². The summed E-state index contributed by atoms with van der Waals surface area (Å²) in [5.41, 5.74) is 1.42. The predicted molar refractivity (Wildman–Crippen MR) is 104 cm³/mol. The van der Waals surface area contributed by atoms with Gasteiger partial charge in [-0.1, -0.05) is 29.3 Å². The molecule has 0 aromatic heterocycles. The van der Waals surface area contributed by atoms with Crippen molar-refractivity contribution >= 4 is 41.2 Å². The fourth-order valence-electron chi connectivity index (χ4n) is 2.70.